The molecule has 5 heteroatoms. The molecule has 0 aliphatic carbocycles. The Morgan fingerprint density at radius 1 is 1.05 bits per heavy atom. The number of piperazine rings is 1. The van der Waals surface area contributed by atoms with Crippen LogP contribution in [0, 0.1) is 0 Å². The van der Waals surface area contributed by atoms with Crippen LogP contribution in [0.1, 0.15) is 5.56 Å². The zero-order chi connectivity index (χ0) is 13.5. The van der Waals surface area contributed by atoms with Crippen molar-refractivity contribution in [1.29, 1.82) is 0 Å². The number of hydroxylamine groups is 2. The van der Waals surface area contributed by atoms with Gasteiger partial charge in [-0.25, -0.2) is 0 Å². The van der Waals surface area contributed by atoms with Crippen LogP contribution in [0.2, 0.25) is 0 Å². The van der Waals surface area contributed by atoms with E-state index in [1.165, 1.54) is 5.56 Å². The highest BCUT2D eigenvalue weighted by molar-refractivity contribution is 9.10. The molecule has 1 saturated heterocycles. The third-order valence-corrected chi connectivity index (χ3v) is 3.74. The summed E-state index contributed by atoms with van der Waals surface area (Å²) in [5.74, 6) is 0. The van der Waals surface area contributed by atoms with Gasteiger partial charge in [0, 0.05) is 44.3 Å². The number of ether oxygens (including phenoxy) is 1. The van der Waals surface area contributed by atoms with E-state index in [4.69, 9.17) is 9.57 Å². The number of halogens is 1. The van der Waals surface area contributed by atoms with Crippen LogP contribution in [0.4, 0.5) is 0 Å². The van der Waals surface area contributed by atoms with Gasteiger partial charge in [0.25, 0.3) is 0 Å². The van der Waals surface area contributed by atoms with Crippen molar-refractivity contribution in [3.05, 3.63) is 34.3 Å². The van der Waals surface area contributed by atoms with Crippen molar-refractivity contribution in [2.24, 2.45) is 0 Å². The van der Waals surface area contributed by atoms with E-state index in [9.17, 15) is 0 Å². The molecule has 0 radical (unpaired) electrons. The largest absolute Gasteiger partial charge is 0.382 e. The molecular weight excluding hydrogens is 308 g/mol. The monoisotopic (exact) mass is 328 g/mol. The molecule has 106 valence electrons. The minimum Gasteiger partial charge on any atom is -0.382 e. The molecule has 0 spiro atoms. The summed E-state index contributed by atoms with van der Waals surface area (Å²) in [5, 5.41) is 2.04. The number of benzene rings is 1. The second kappa shape index (κ2) is 7.97. The van der Waals surface area contributed by atoms with E-state index < -0.39 is 0 Å². The number of nitrogens with zero attached hydrogens (tertiary/aromatic N) is 2. The molecule has 19 heavy (non-hydrogen) atoms. The quantitative estimate of drug-likeness (QED) is 0.747. The summed E-state index contributed by atoms with van der Waals surface area (Å²) in [6, 6.07) is 8.54. The second-order valence-electron chi connectivity index (χ2n) is 4.66. The lowest BCUT2D eigenvalue weighted by Crippen LogP contribution is -2.46. The second-order valence-corrected chi connectivity index (χ2v) is 5.57. The van der Waals surface area contributed by atoms with E-state index in [2.05, 4.69) is 45.1 Å². The summed E-state index contributed by atoms with van der Waals surface area (Å²) in [7, 11) is 1.69. The Kier molecular flexibility index (Phi) is 6.26. The molecule has 1 aliphatic heterocycles. The topological polar surface area (TPSA) is 24.9 Å². The average molecular weight is 329 g/mol. The Balaban J connectivity index is 1.69. The highest BCUT2D eigenvalue weighted by Crippen LogP contribution is 2.13. The summed E-state index contributed by atoms with van der Waals surface area (Å²) >= 11 is 3.46. The van der Waals surface area contributed by atoms with Gasteiger partial charge in [0.1, 0.15) is 0 Å². The van der Waals surface area contributed by atoms with Crippen molar-refractivity contribution in [2.75, 3.05) is 46.5 Å². The van der Waals surface area contributed by atoms with Gasteiger partial charge in [-0.05, 0) is 17.7 Å². The van der Waals surface area contributed by atoms with Gasteiger partial charge in [-0.3, -0.25) is 9.74 Å². The molecule has 0 aromatic heterocycles. The van der Waals surface area contributed by atoms with Crippen molar-refractivity contribution in [1.82, 2.24) is 9.96 Å². The van der Waals surface area contributed by atoms with Gasteiger partial charge in [0.2, 0.25) is 0 Å². The molecule has 1 aromatic rings. The SMILES string of the molecule is COCCON1CCN(Cc2ccc(Br)cc2)CC1. The van der Waals surface area contributed by atoms with Crippen LogP contribution < -0.4 is 0 Å². The molecule has 0 atom stereocenters. The maximum atomic E-state index is 5.61. The maximum Gasteiger partial charge on any atom is 0.0918 e. The van der Waals surface area contributed by atoms with E-state index in [-0.39, 0.29) is 0 Å². The van der Waals surface area contributed by atoms with Gasteiger partial charge < -0.3 is 4.74 Å². The van der Waals surface area contributed by atoms with E-state index in [1.807, 2.05) is 5.06 Å². The van der Waals surface area contributed by atoms with Crippen molar-refractivity contribution in [3.63, 3.8) is 0 Å². The zero-order valence-corrected chi connectivity index (χ0v) is 12.9. The van der Waals surface area contributed by atoms with Crippen molar-refractivity contribution < 1.29 is 9.57 Å². The molecule has 1 fully saturated rings. The van der Waals surface area contributed by atoms with Crippen LogP contribution in [0.15, 0.2) is 28.7 Å². The van der Waals surface area contributed by atoms with E-state index in [0.29, 0.717) is 13.2 Å². The molecule has 0 saturated carbocycles. The number of rotatable bonds is 6. The molecule has 0 N–H and O–H groups in total. The van der Waals surface area contributed by atoms with Gasteiger partial charge in [0.05, 0.1) is 13.2 Å². The molecule has 1 aromatic carbocycles. The van der Waals surface area contributed by atoms with Crippen LogP contribution >= 0.6 is 15.9 Å². The Morgan fingerprint density at radius 2 is 1.74 bits per heavy atom. The molecule has 4 nitrogen and oxygen atoms in total. The fourth-order valence-electron chi connectivity index (χ4n) is 2.11. The lowest BCUT2D eigenvalue weighted by molar-refractivity contribution is -0.184. The van der Waals surface area contributed by atoms with Gasteiger partial charge in [-0.1, -0.05) is 28.1 Å². The van der Waals surface area contributed by atoms with Crippen LogP contribution in [0.3, 0.4) is 0 Å². The molecular formula is C14H21BrN2O2. The fraction of sp³-hybridized carbons (Fsp3) is 0.571. The smallest absolute Gasteiger partial charge is 0.0918 e. The van der Waals surface area contributed by atoms with Crippen molar-refractivity contribution >= 4 is 15.9 Å². The lowest BCUT2D eigenvalue weighted by atomic mass is 10.2. The first-order valence-electron chi connectivity index (χ1n) is 6.61. The summed E-state index contributed by atoms with van der Waals surface area (Å²) in [6.07, 6.45) is 0. The Morgan fingerprint density at radius 3 is 2.37 bits per heavy atom. The van der Waals surface area contributed by atoms with Crippen LogP contribution in [-0.2, 0) is 16.1 Å². The highest BCUT2D eigenvalue weighted by atomic mass is 79.9. The molecule has 0 bridgehead atoms. The normalized spacial score (nSPS) is 17.8. The van der Waals surface area contributed by atoms with Gasteiger partial charge >= 0.3 is 0 Å². The molecule has 2 rings (SSSR count). The summed E-state index contributed by atoms with van der Waals surface area (Å²) < 4.78 is 6.11. The Hall–Kier alpha value is -0.460. The summed E-state index contributed by atoms with van der Waals surface area (Å²) in [5.41, 5.74) is 1.36. The summed E-state index contributed by atoms with van der Waals surface area (Å²) in [4.78, 5) is 8.07. The first-order valence-corrected chi connectivity index (χ1v) is 7.41. The van der Waals surface area contributed by atoms with E-state index >= 15 is 0 Å². The molecule has 1 aliphatic rings. The van der Waals surface area contributed by atoms with Gasteiger partial charge in [-0.2, -0.15) is 5.06 Å². The Bertz CT molecular complexity index is 364. The highest BCUT2D eigenvalue weighted by Gasteiger charge is 2.17. The first-order chi connectivity index (χ1) is 9.28. The van der Waals surface area contributed by atoms with Crippen LogP contribution in [0.5, 0.6) is 0 Å². The third-order valence-electron chi connectivity index (χ3n) is 3.21. The van der Waals surface area contributed by atoms with E-state index in [0.717, 1.165) is 37.2 Å². The first kappa shape index (κ1) is 14.9. The average Bonchev–Trinajstić information content (AvgIpc) is 2.44. The molecule has 0 amide bonds. The minimum atomic E-state index is 0.642. The predicted octanol–water partition coefficient (Wildman–Crippen LogP) is 2.14. The van der Waals surface area contributed by atoms with E-state index in [1.54, 1.807) is 7.11 Å². The molecule has 0 unspecified atom stereocenters. The number of methoxy groups -OCH3 is 1. The minimum absolute atomic E-state index is 0.642. The fourth-order valence-corrected chi connectivity index (χ4v) is 2.38. The number of hydrogen-bond acceptors (Lipinski definition) is 4. The molecule has 1 heterocycles. The number of hydrogen-bond donors (Lipinski definition) is 0. The standard InChI is InChI=1S/C14H21BrN2O2/c1-18-10-11-19-17-8-6-16(7-9-17)12-13-2-4-14(15)5-3-13/h2-5H,6-12H2,1H3. The van der Waals surface area contributed by atoms with Crippen LogP contribution in [0.25, 0.3) is 0 Å². The predicted molar refractivity (Wildman–Crippen MR) is 78.8 cm³/mol. The lowest BCUT2D eigenvalue weighted by Gasteiger charge is -2.33. The Labute approximate surface area is 123 Å². The summed E-state index contributed by atoms with van der Waals surface area (Å²) in [6.45, 7) is 6.31. The van der Waals surface area contributed by atoms with Gasteiger partial charge in [0.15, 0.2) is 0 Å². The van der Waals surface area contributed by atoms with Crippen LogP contribution in [-0.4, -0.2) is 56.5 Å². The van der Waals surface area contributed by atoms with Gasteiger partial charge in [-0.15, -0.1) is 0 Å². The maximum absolute atomic E-state index is 5.61. The zero-order valence-electron chi connectivity index (χ0n) is 11.3. The van der Waals surface area contributed by atoms with Crippen molar-refractivity contribution in [3.8, 4) is 0 Å². The van der Waals surface area contributed by atoms with Crippen molar-refractivity contribution in [2.45, 2.75) is 6.54 Å². The third kappa shape index (κ3) is 5.20.